The molecule has 0 aromatic carbocycles. The molecule has 12 rings (SSSR count). The Bertz CT molecular complexity index is 1600. The fourth-order valence-corrected chi connectivity index (χ4v) is 10.8. The minimum absolute atomic E-state index is 0. The van der Waals surface area contributed by atoms with Gasteiger partial charge in [0, 0.05) is 42.1 Å². The molecular weight excluding hydrogens is 1460 g/mol. The van der Waals surface area contributed by atoms with Crippen molar-refractivity contribution < 1.29 is 42.1 Å². The summed E-state index contributed by atoms with van der Waals surface area (Å²) in [4.78, 5) is 0. The van der Waals surface area contributed by atoms with Crippen molar-refractivity contribution in [3.05, 3.63) is 358 Å². The predicted octanol–water partition coefficient (Wildman–Crippen LogP) is 24.0. The van der Waals surface area contributed by atoms with Crippen LogP contribution in [0.3, 0.4) is 0 Å². The second-order valence-corrected chi connectivity index (χ2v) is 24.9. The van der Waals surface area contributed by atoms with E-state index in [2.05, 4.69) is 285 Å². The first-order chi connectivity index (χ1) is 36.0. The molecule has 0 bridgehead atoms. The van der Waals surface area contributed by atoms with Gasteiger partial charge in [0.15, 0.2) is 0 Å². The van der Waals surface area contributed by atoms with E-state index in [1.165, 1.54) is 0 Å². The van der Waals surface area contributed by atoms with Crippen LogP contribution in [-0.2, 0) is 42.1 Å². The van der Waals surface area contributed by atoms with Gasteiger partial charge in [-0.05, 0) is 146 Å². The molecule has 0 saturated heterocycles. The van der Waals surface area contributed by atoms with Gasteiger partial charge in [-0.2, -0.15) is 0 Å². The molecule has 0 saturated carbocycles. The third-order valence-corrected chi connectivity index (χ3v) is 16.5. The summed E-state index contributed by atoms with van der Waals surface area (Å²) in [7, 11) is 10.9. The van der Waals surface area contributed by atoms with Gasteiger partial charge in [-0.15, -0.1) is 0 Å². The quantitative estimate of drug-likeness (QED) is 0.142. The molecule has 74 heavy (non-hydrogen) atoms. The number of hydrogen-bond donors (Lipinski definition) is 0. The molecule has 0 amide bonds. The maximum absolute atomic E-state index is 2.15. The largest absolute Gasteiger partial charge is 0.110 e. The van der Waals surface area contributed by atoms with E-state index in [4.69, 9.17) is 0 Å². The van der Waals surface area contributed by atoms with Gasteiger partial charge in [0.05, 0.1) is 0 Å². The van der Waals surface area contributed by atoms with Crippen LogP contribution in [0.2, 0.25) is 0 Å². The molecule has 0 aliphatic rings. The summed E-state index contributed by atoms with van der Waals surface area (Å²) in [6.45, 7) is 0. The van der Waals surface area contributed by atoms with Crippen molar-refractivity contribution >= 4 is 98.3 Å². The number of rotatable bonds is 0. The van der Waals surface area contributed by atoms with E-state index in [9.17, 15) is 0 Å². The smallest absolute Gasteiger partial charge is 0.0548 e. The predicted molar refractivity (Wildman–Crippen MR) is 364 cm³/mol. The zero-order valence-corrected chi connectivity index (χ0v) is 59.3. The Morgan fingerprint density at radius 2 is 0.135 bits per heavy atom. The van der Waals surface area contributed by atoms with Crippen LogP contribution in [-0.4, -0.2) is 0 Å². The minimum atomic E-state index is 0. The van der Waals surface area contributed by atoms with Gasteiger partial charge >= 0.3 is 0 Å². The van der Waals surface area contributed by atoms with E-state index in [1.54, 1.807) is 0 Å². The van der Waals surface area contributed by atoms with Gasteiger partial charge in [-0.1, -0.05) is 72.8 Å². The molecule has 12 heterocycles. The van der Waals surface area contributed by atoms with E-state index in [-0.39, 0.29) is 42.1 Å². The molecule has 0 nitrogen and oxygen atoms in total. The van der Waals surface area contributed by atoms with Crippen molar-refractivity contribution in [2.24, 2.45) is 0 Å². The van der Waals surface area contributed by atoms with Crippen molar-refractivity contribution in [3.8, 4) is 0 Å². The van der Waals surface area contributed by atoms with Gasteiger partial charge in [0.1, 0.15) is 237 Å². The van der Waals surface area contributed by atoms with Crippen molar-refractivity contribution in [2.45, 2.75) is 0 Å². The maximum atomic E-state index is 2.15. The Morgan fingerprint density at radius 3 is 0.149 bits per heavy atom. The summed E-state index contributed by atoms with van der Waals surface area (Å²) in [5.74, 6) is 51.7. The van der Waals surface area contributed by atoms with Gasteiger partial charge in [-0.3, -0.25) is 0 Å². The molecule has 372 valence electrons. The average molecular weight is 1530 g/mol. The Kier molecular flexibility index (Phi) is 69.5. The third kappa shape index (κ3) is 67.2. The van der Waals surface area contributed by atoms with E-state index < -0.39 is 0 Å². The van der Waals surface area contributed by atoms with Crippen LogP contribution in [0.15, 0.2) is 358 Å². The molecule has 0 aliphatic carbocycles. The van der Waals surface area contributed by atoms with E-state index >= 15 is 0 Å². The standard InChI is InChI=1S/12C5H5P.2W/c12*1-2-4-6-5-3-1;;/h12*1-5H;;/p+12. The molecule has 12 aromatic rings. The molecule has 12 aromatic heterocycles. The van der Waals surface area contributed by atoms with Gasteiger partial charge in [-0.25, -0.2) is 0 Å². The Hall–Kier alpha value is -2.82. The van der Waals surface area contributed by atoms with Crippen molar-refractivity contribution in [1.82, 2.24) is 0 Å². The summed E-state index contributed by atoms with van der Waals surface area (Å²) in [6.07, 6.45) is 0. The minimum Gasteiger partial charge on any atom is -0.0548 e. The van der Waals surface area contributed by atoms with Crippen LogP contribution in [0.1, 0.15) is 0 Å². The monoisotopic (exact) mass is 1530 g/mol. The normalized spacial score (nSPS) is 7.78. The molecule has 0 spiro atoms. The van der Waals surface area contributed by atoms with Gasteiger partial charge < -0.3 is 0 Å². The SMILES string of the molecule is [W].[W].c1cc[pH+]cc1.c1cc[pH+]cc1.c1cc[pH+]cc1.c1cc[pH+]cc1.c1cc[pH+]cc1.c1cc[pH+]cc1.c1cc[pH+]cc1.c1cc[pH+]cc1.c1cc[pH+]cc1.c1cc[pH+]cc1.c1cc[pH+]cc1.c1cc[pH+]cc1. The summed E-state index contributed by atoms with van der Waals surface area (Å²) < 4.78 is 0. The fourth-order valence-electron chi connectivity index (χ4n) is 4.10. The van der Waals surface area contributed by atoms with Crippen LogP contribution in [0, 0.1) is 0 Å². The molecule has 0 atom stereocenters. The molecule has 0 aliphatic heterocycles. The molecule has 14 heteroatoms. The summed E-state index contributed by atoms with van der Waals surface area (Å²) >= 11 is 0. The first kappa shape index (κ1) is 73.2. The maximum Gasteiger partial charge on any atom is 0.110 e. The molecule has 0 radical (unpaired) electrons. The van der Waals surface area contributed by atoms with Crippen LogP contribution in [0.25, 0.3) is 0 Å². The Labute approximate surface area is 493 Å². The third-order valence-electron chi connectivity index (χ3n) is 7.29. The van der Waals surface area contributed by atoms with Crippen molar-refractivity contribution in [3.63, 3.8) is 0 Å². The molecular formula is C60H72P12W2+12. The average Bonchev–Trinajstić information content (AvgIpc) is 3.54. The first-order valence-corrected chi connectivity index (χ1v) is 36.8. The Morgan fingerprint density at radius 1 is 0.0811 bits per heavy atom. The van der Waals surface area contributed by atoms with Gasteiger partial charge in [0.25, 0.3) is 0 Å². The van der Waals surface area contributed by atoms with E-state index in [0.717, 1.165) is 98.3 Å². The summed E-state index contributed by atoms with van der Waals surface area (Å²) in [5, 5.41) is 0. The zero-order valence-electron chi connectivity index (χ0n) is 41.5. The zero-order chi connectivity index (χ0) is 50.9. The second-order valence-electron chi connectivity index (χ2n) is 12.9. The van der Waals surface area contributed by atoms with Crippen LogP contribution in [0.5, 0.6) is 0 Å². The first-order valence-electron chi connectivity index (χ1n) is 22.9. The van der Waals surface area contributed by atoms with Crippen LogP contribution < -0.4 is 0 Å². The second kappa shape index (κ2) is 70.2. The van der Waals surface area contributed by atoms with Gasteiger partial charge in [0.2, 0.25) is 0 Å². The van der Waals surface area contributed by atoms with Crippen LogP contribution >= 0.6 is 98.3 Å². The molecule has 0 unspecified atom stereocenters. The molecule has 0 fully saturated rings. The van der Waals surface area contributed by atoms with Crippen molar-refractivity contribution in [2.75, 3.05) is 0 Å². The van der Waals surface area contributed by atoms with Crippen molar-refractivity contribution in [1.29, 1.82) is 0 Å². The Balaban J connectivity index is 0. The summed E-state index contributed by atoms with van der Waals surface area (Å²) in [6, 6.07) is 74.1. The van der Waals surface area contributed by atoms with E-state index in [1.807, 2.05) is 72.8 Å². The topological polar surface area (TPSA) is 0 Å². The summed E-state index contributed by atoms with van der Waals surface area (Å²) in [5.41, 5.74) is 0. The van der Waals surface area contributed by atoms with E-state index in [0.29, 0.717) is 0 Å². The van der Waals surface area contributed by atoms with Crippen LogP contribution in [0.4, 0.5) is 0 Å². The molecule has 0 N–H and O–H groups in total. The fraction of sp³-hybridized carbons (Fsp3) is 0. The number of hydrogen-bond acceptors (Lipinski definition) is 0.